The number of nitrogens with zero attached hydrogens (tertiary/aromatic N) is 1. The third-order valence-electron chi connectivity index (χ3n) is 4.69. The molecule has 5 heteroatoms. The molecule has 3 rings (SSSR count). The lowest BCUT2D eigenvalue weighted by Gasteiger charge is -2.38. The van der Waals surface area contributed by atoms with Gasteiger partial charge in [0, 0.05) is 23.4 Å². The van der Waals surface area contributed by atoms with Crippen molar-refractivity contribution in [1.82, 2.24) is 0 Å². The smallest absolute Gasteiger partial charge is 0.315 e. The fourth-order valence-electron chi connectivity index (χ4n) is 3.76. The standard InChI is InChI=1S/C19H23NO4/c1-5-23-18(22)15-11(2)20-12-9-19(3,4)10-13(21)16(12)17(15)14-7-6-8-24-14/h6-8,15,17H,5,9-10H2,1-4H3. The summed E-state index contributed by atoms with van der Waals surface area (Å²) in [5, 5.41) is 0. The Labute approximate surface area is 141 Å². The highest BCUT2D eigenvalue weighted by atomic mass is 16.5. The highest BCUT2D eigenvalue weighted by molar-refractivity contribution is 6.08. The number of ether oxygens (including phenoxy) is 1. The van der Waals surface area contributed by atoms with Gasteiger partial charge in [-0.25, -0.2) is 0 Å². The van der Waals surface area contributed by atoms with Crippen molar-refractivity contribution in [3.63, 3.8) is 0 Å². The maximum Gasteiger partial charge on any atom is 0.315 e. The monoisotopic (exact) mass is 329 g/mol. The number of carbonyl (C=O) groups excluding carboxylic acids is 2. The zero-order chi connectivity index (χ0) is 17.5. The number of aliphatic imine (C=N–C) groups is 1. The minimum atomic E-state index is -0.611. The minimum Gasteiger partial charge on any atom is -0.469 e. The van der Waals surface area contributed by atoms with Crippen molar-refractivity contribution < 1.29 is 18.7 Å². The summed E-state index contributed by atoms with van der Waals surface area (Å²) in [4.78, 5) is 30.0. The van der Waals surface area contributed by atoms with E-state index in [4.69, 9.17) is 9.15 Å². The van der Waals surface area contributed by atoms with Gasteiger partial charge < -0.3 is 9.15 Å². The summed E-state index contributed by atoms with van der Waals surface area (Å²) in [7, 11) is 0. The van der Waals surface area contributed by atoms with Gasteiger partial charge in [0.1, 0.15) is 11.7 Å². The number of carbonyl (C=O) groups is 2. The van der Waals surface area contributed by atoms with E-state index in [0.717, 1.165) is 12.1 Å². The Balaban J connectivity index is 2.13. The maximum atomic E-state index is 12.9. The van der Waals surface area contributed by atoms with Crippen LogP contribution in [-0.4, -0.2) is 24.1 Å². The van der Waals surface area contributed by atoms with E-state index in [-0.39, 0.29) is 17.2 Å². The number of hydrogen-bond acceptors (Lipinski definition) is 5. The SMILES string of the molecule is CCOC(=O)C1C(C)=NC2=C(C(=O)CC(C)(C)C2)C1c1ccco1. The van der Waals surface area contributed by atoms with Gasteiger partial charge in [0.15, 0.2) is 5.78 Å². The van der Waals surface area contributed by atoms with Gasteiger partial charge in [-0.2, -0.15) is 0 Å². The molecule has 128 valence electrons. The lowest BCUT2D eigenvalue weighted by atomic mass is 9.68. The van der Waals surface area contributed by atoms with E-state index in [2.05, 4.69) is 18.8 Å². The molecule has 0 N–H and O–H groups in total. The van der Waals surface area contributed by atoms with Crippen LogP contribution in [0.2, 0.25) is 0 Å². The van der Waals surface area contributed by atoms with Gasteiger partial charge in [-0.3, -0.25) is 14.6 Å². The van der Waals surface area contributed by atoms with Crippen LogP contribution in [-0.2, 0) is 14.3 Å². The normalized spacial score (nSPS) is 26.0. The average Bonchev–Trinajstić information content (AvgIpc) is 2.98. The van der Waals surface area contributed by atoms with Crippen LogP contribution >= 0.6 is 0 Å². The fraction of sp³-hybridized carbons (Fsp3) is 0.526. The molecule has 24 heavy (non-hydrogen) atoms. The topological polar surface area (TPSA) is 68.9 Å². The second kappa shape index (κ2) is 6.04. The van der Waals surface area contributed by atoms with Gasteiger partial charge in [-0.05, 0) is 37.8 Å². The number of esters is 1. The maximum absolute atomic E-state index is 12.9. The van der Waals surface area contributed by atoms with Crippen molar-refractivity contribution >= 4 is 17.5 Å². The first-order valence-electron chi connectivity index (χ1n) is 8.35. The van der Waals surface area contributed by atoms with E-state index in [1.807, 2.05) is 13.0 Å². The molecule has 0 fully saturated rings. The van der Waals surface area contributed by atoms with Gasteiger partial charge in [-0.15, -0.1) is 0 Å². The van der Waals surface area contributed by atoms with E-state index in [1.165, 1.54) is 0 Å². The molecule has 2 unspecified atom stereocenters. The molecule has 1 aromatic rings. The second-order valence-corrected chi connectivity index (χ2v) is 7.28. The Kier molecular flexibility index (Phi) is 4.20. The predicted octanol–water partition coefficient (Wildman–Crippen LogP) is 3.66. The summed E-state index contributed by atoms with van der Waals surface area (Å²) < 4.78 is 10.8. The molecule has 2 atom stereocenters. The molecular formula is C19H23NO4. The van der Waals surface area contributed by atoms with Crippen LogP contribution in [0.25, 0.3) is 0 Å². The number of ketones is 1. The van der Waals surface area contributed by atoms with Crippen LogP contribution in [0.5, 0.6) is 0 Å². The van der Waals surface area contributed by atoms with Crippen molar-refractivity contribution in [3.05, 3.63) is 35.4 Å². The molecular weight excluding hydrogens is 306 g/mol. The van der Waals surface area contributed by atoms with Crippen LogP contribution in [0.3, 0.4) is 0 Å². The lowest BCUT2D eigenvalue weighted by molar-refractivity contribution is -0.146. The molecule has 0 aromatic carbocycles. The van der Waals surface area contributed by atoms with Crippen molar-refractivity contribution in [2.45, 2.75) is 46.5 Å². The van der Waals surface area contributed by atoms with Crippen molar-refractivity contribution in [3.8, 4) is 0 Å². The van der Waals surface area contributed by atoms with Crippen molar-refractivity contribution in [2.24, 2.45) is 16.3 Å². The summed E-state index contributed by atoms with van der Waals surface area (Å²) in [6.45, 7) is 8.03. The Morgan fingerprint density at radius 3 is 2.79 bits per heavy atom. The zero-order valence-corrected chi connectivity index (χ0v) is 14.6. The van der Waals surface area contributed by atoms with Gasteiger partial charge in [-0.1, -0.05) is 13.8 Å². The Morgan fingerprint density at radius 2 is 2.17 bits per heavy atom. The van der Waals surface area contributed by atoms with Gasteiger partial charge >= 0.3 is 5.97 Å². The average molecular weight is 329 g/mol. The van der Waals surface area contributed by atoms with E-state index in [1.54, 1.807) is 19.3 Å². The van der Waals surface area contributed by atoms with E-state index in [0.29, 0.717) is 30.1 Å². The Hall–Kier alpha value is -2.17. The summed E-state index contributed by atoms with van der Waals surface area (Å²) in [6, 6.07) is 3.59. The van der Waals surface area contributed by atoms with Gasteiger partial charge in [0.25, 0.3) is 0 Å². The quantitative estimate of drug-likeness (QED) is 0.794. The number of rotatable bonds is 3. The molecule has 1 aliphatic heterocycles. The van der Waals surface area contributed by atoms with Crippen LogP contribution in [0.4, 0.5) is 0 Å². The van der Waals surface area contributed by atoms with Crippen LogP contribution in [0, 0.1) is 11.3 Å². The molecule has 2 heterocycles. The largest absolute Gasteiger partial charge is 0.469 e. The molecule has 0 saturated heterocycles. The van der Waals surface area contributed by atoms with Crippen molar-refractivity contribution in [2.75, 3.05) is 6.61 Å². The number of hydrogen-bond donors (Lipinski definition) is 0. The molecule has 0 spiro atoms. The van der Waals surface area contributed by atoms with Crippen molar-refractivity contribution in [1.29, 1.82) is 0 Å². The molecule has 1 aliphatic carbocycles. The van der Waals surface area contributed by atoms with E-state index >= 15 is 0 Å². The molecule has 0 saturated carbocycles. The second-order valence-electron chi connectivity index (χ2n) is 7.28. The van der Waals surface area contributed by atoms with Gasteiger partial charge in [0.05, 0.1) is 18.8 Å². The first-order chi connectivity index (χ1) is 11.3. The number of furan rings is 1. The van der Waals surface area contributed by atoms with Crippen LogP contribution in [0.1, 0.15) is 52.2 Å². The molecule has 0 amide bonds. The minimum absolute atomic E-state index is 0.0493. The van der Waals surface area contributed by atoms with Gasteiger partial charge in [0.2, 0.25) is 0 Å². The molecule has 5 nitrogen and oxygen atoms in total. The third-order valence-corrected chi connectivity index (χ3v) is 4.69. The van der Waals surface area contributed by atoms with Crippen LogP contribution in [0.15, 0.2) is 39.1 Å². The highest BCUT2D eigenvalue weighted by Gasteiger charge is 2.47. The zero-order valence-electron chi connectivity index (χ0n) is 14.6. The molecule has 0 radical (unpaired) electrons. The third kappa shape index (κ3) is 2.83. The summed E-state index contributed by atoms with van der Waals surface area (Å²) in [5.74, 6) is -0.754. The predicted molar refractivity (Wildman–Crippen MR) is 89.7 cm³/mol. The fourth-order valence-corrected chi connectivity index (χ4v) is 3.76. The summed E-state index contributed by atoms with van der Waals surface area (Å²) >= 11 is 0. The Morgan fingerprint density at radius 1 is 1.42 bits per heavy atom. The number of Topliss-reactive ketones (excluding diaryl/α,β-unsaturated/α-hetero) is 1. The van der Waals surface area contributed by atoms with E-state index < -0.39 is 11.8 Å². The Bertz CT molecular complexity index is 725. The lowest BCUT2D eigenvalue weighted by Crippen LogP contribution is -2.39. The first kappa shape index (κ1) is 16.7. The molecule has 1 aromatic heterocycles. The number of allylic oxidation sites excluding steroid dienone is 2. The first-order valence-corrected chi connectivity index (χ1v) is 8.35. The van der Waals surface area contributed by atoms with Crippen LogP contribution < -0.4 is 0 Å². The highest BCUT2D eigenvalue weighted by Crippen LogP contribution is 2.47. The summed E-state index contributed by atoms with van der Waals surface area (Å²) in [6.07, 6.45) is 2.74. The molecule has 0 bridgehead atoms. The summed E-state index contributed by atoms with van der Waals surface area (Å²) in [5.41, 5.74) is 1.96. The molecule has 2 aliphatic rings. The van der Waals surface area contributed by atoms with E-state index in [9.17, 15) is 9.59 Å².